The van der Waals surface area contributed by atoms with Crippen molar-refractivity contribution < 1.29 is 4.74 Å². The molecule has 1 N–H and O–H groups in total. The van der Waals surface area contributed by atoms with Crippen LogP contribution < -0.4 is 5.32 Å². The molecule has 0 aliphatic heterocycles. The second-order valence-electron chi connectivity index (χ2n) is 5.08. The molecule has 1 heterocycles. The highest BCUT2D eigenvalue weighted by atomic mass is 16.5. The van der Waals surface area contributed by atoms with Crippen molar-refractivity contribution in [2.45, 2.75) is 39.7 Å². The molecule has 0 spiro atoms. The summed E-state index contributed by atoms with van der Waals surface area (Å²) < 4.78 is 5.20. The third-order valence-corrected chi connectivity index (χ3v) is 3.40. The molecule has 3 nitrogen and oxygen atoms in total. The van der Waals surface area contributed by atoms with Crippen LogP contribution in [0.4, 0.5) is 5.69 Å². The highest BCUT2D eigenvalue weighted by molar-refractivity contribution is 5.92. The van der Waals surface area contributed by atoms with Crippen LogP contribution in [0.15, 0.2) is 24.3 Å². The van der Waals surface area contributed by atoms with Crippen molar-refractivity contribution in [3.8, 4) is 0 Å². The lowest BCUT2D eigenvalue weighted by Crippen LogP contribution is -2.02. The van der Waals surface area contributed by atoms with Gasteiger partial charge in [-0.15, -0.1) is 0 Å². The van der Waals surface area contributed by atoms with Gasteiger partial charge in [0.1, 0.15) is 0 Å². The minimum Gasteiger partial charge on any atom is -0.385 e. The van der Waals surface area contributed by atoms with Crippen molar-refractivity contribution >= 4 is 16.6 Å². The highest BCUT2D eigenvalue weighted by Gasteiger charge is 2.06. The molecule has 0 fully saturated rings. The van der Waals surface area contributed by atoms with Crippen molar-refractivity contribution in [3.63, 3.8) is 0 Å². The van der Waals surface area contributed by atoms with E-state index in [0.717, 1.165) is 29.9 Å². The van der Waals surface area contributed by atoms with Gasteiger partial charge in [0.15, 0.2) is 0 Å². The fourth-order valence-corrected chi connectivity index (χ4v) is 2.42. The Morgan fingerprint density at radius 3 is 2.75 bits per heavy atom. The molecule has 0 amide bonds. The number of nitrogens with zero attached hydrogens (tertiary/aromatic N) is 1. The molecule has 0 saturated carbocycles. The Balaban J connectivity index is 2.43. The Morgan fingerprint density at radius 2 is 2.05 bits per heavy atom. The maximum Gasteiger partial charge on any atom is 0.0885 e. The number of benzene rings is 1. The fraction of sp³-hybridized carbons (Fsp3) is 0.471. The van der Waals surface area contributed by atoms with E-state index in [1.165, 1.54) is 23.8 Å². The number of ether oxygens (including phenoxy) is 1. The molecule has 3 heteroatoms. The van der Waals surface area contributed by atoms with Crippen LogP contribution in [0, 0.1) is 0 Å². The molecule has 0 saturated heterocycles. The summed E-state index contributed by atoms with van der Waals surface area (Å²) in [7, 11) is 1.70. The smallest absolute Gasteiger partial charge is 0.0885 e. The summed E-state index contributed by atoms with van der Waals surface area (Å²) in [6.45, 7) is 5.80. The first-order valence-corrected chi connectivity index (χ1v) is 7.43. The summed E-state index contributed by atoms with van der Waals surface area (Å²) in [5.74, 6) is 0. The second kappa shape index (κ2) is 7.25. The van der Waals surface area contributed by atoms with Crippen LogP contribution in [0.2, 0.25) is 0 Å². The number of rotatable bonds is 7. The van der Waals surface area contributed by atoms with E-state index >= 15 is 0 Å². The average Bonchev–Trinajstić information content (AvgIpc) is 2.46. The van der Waals surface area contributed by atoms with Crippen molar-refractivity contribution in [2.24, 2.45) is 0 Å². The van der Waals surface area contributed by atoms with Gasteiger partial charge in [0, 0.05) is 24.7 Å². The molecule has 0 unspecified atom stereocenters. The van der Waals surface area contributed by atoms with Gasteiger partial charge < -0.3 is 10.1 Å². The minimum absolute atomic E-state index is 0.548. The fourth-order valence-electron chi connectivity index (χ4n) is 2.42. The molecule has 1 aromatic carbocycles. The molecule has 0 bridgehead atoms. The number of aryl methyl sites for hydroxylation is 1. The number of fused-ring (bicyclic) bond motifs is 1. The minimum atomic E-state index is 0.548. The molecule has 0 aliphatic rings. The number of anilines is 1. The van der Waals surface area contributed by atoms with E-state index < -0.39 is 0 Å². The number of methoxy groups -OCH3 is 1. The Labute approximate surface area is 121 Å². The van der Waals surface area contributed by atoms with E-state index in [4.69, 9.17) is 4.74 Å². The topological polar surface area (TPSA) is 34.1 Å². The van der Waals surface area contributed by atoms with E-state index in [1.54, 1.807) is 7.11 Å². The van der Waals surface area contributed by atoms with Gasteiger partial charge in [0.2, 0.25) is 0 Å². The number of pyridine rings is 1. The number of aromatic nitrogens is 1. The van der Waals surface area contributed by atoms with Crippen LogP contribution in [0.1, 0.15) is 37.9 Å². The summed E-state index contributed by atoms with van der Waals surface area (Å²) >= 11 is 0. The zero-order valence-electron chi connectivity index (χ0n) is 12.7. The molecule has 1 aromatic heterocycles. The Morgan fingerprint density at radius 1 is 1.20 bits per heavy atom. The van der Waals surface area contributed by atoms with E-state index in [-0.39, 0.29) is 0 Å². The summed E-state index contributed by atoms with van der Waals surface area (Å²) in [5.41, 5.74) is 4.55. The molecular weight excluding hydrogens is 248 g/mol. The summed E-state index contributed by atoms with van der Waals surface area (Å²) in [5, 5.41) is 4.65. The van der Waals surface area contributed by atoms with Crippen molar-refractivity contribution in [1.82, 2.24) is 4.98 Å². The highest BCUT2D eigenvalue weighted by Crippen LogP contribution is 2.25. The van der Waals surface area contributed by atoms with Crippen LogP contribution in [0.25, 0.3) is 10.9 Å². The monoisotopic (exact) mass is 272 g/mol. The molecule has 0 aliphatic carbocycles. The first-order valence-electron chi connectivity index (χ1n) is 7.43. The molecule has 2 rings (SSSR count). The molecule has 0 atom stereocenters. The number of hydrogen-bond acceptors (Lipinski definition) is 3. The largest absolute Gasteiger partial charge is 0.385 e. The molecule has 20 heavy (non-hydrogen) atoms. The van der Waals surface area contributed by atoms with Gasteiger partial charge >= 0.3 is 0 Å². The van der Waals surface area contributed by atoms with Gasteiger partial charge in [-0.3, -0.25) is 4.98 Å². The maximum atomic E-state index is 5.20. The third kappa shape index (κ3) is 3.48. The normalized spacial score (nSPS) is 10.9. The van der Waals surface area contributed by atoms with E-state index in [2.05, 4.69) is 48.4 Å². The van der Waals surface area contributed by atoms with Crippen LogP contribution in [-0.2, 0) is 17.8 Å². The van der Waals surface area contributed by atoms with E-state index in [9.17, 15) is 0 Å². The predicted molar refractivity (Wildman–Crippen MR) is 85.2 cm³/mol. The van der Waals surface area contributed by atoms with Crippen molar-refractivity contribution in [3.05, 3.63) is 35.5 Å². The Bertz CT molecular complexity index is 566. The molecule has 2 aromatic rings. The van der Waals surface area contributed by atoms with Gasteiger partial charge in [0.05, 0.1) is 17.8 Å². The number of nitrogens with one attached hydrogen (secondary N) is 1. The zero-order valence-corrected chi connectivity index (χ0v) is 12.7. The van der Waals surface area contributed by atoms with Gasteiger partial charge in [-0.1, -0.05) is 19.4 Å². The van der Waals surface area contributed by atoms with Crippen LogP contribution in [-0.4, -0.2) is 18.6 Å². The van der Waals surface area contributed by atoms with Gasteiger partial charge in [-0.05, 0) is 43.5 Å². The lowest BCUT2D eigenvalue weighted by atomic mass is 10.0. The second-order valence-corrected chi connectivity index (χ2v) is 5.08. The standard InChI is InChI=1S/C17H24N2O/c1-4-6-7-13-8-9-16-15(10-13)17(18-5-2)11-14(19-16)12-20-3/h8-11H,4-7,12H2,1-3H3,(H,18,19). The zero-order chi connectivity index (χ0) is 14.4. The summed E-state index contributed by atoms with van der Waals surface area (Å²) in [4.78, 5) is 4.66. The first-order chi connectivity index (χ1) is 9.78. The lowest BCUT2D eigenvalue weighted by molar-refractivity contribution is 0.182. The van der Waals surface area contributed by atoms with Crippen LogP contribution in [0.3, 0.4) is 0 Å². The summed E-state index contributed by atoms with van der Waals surface area (Å²) in [6, 6.07) is 8.68. The number of unbranched alkanes of at least 4 members (excludes halogenated alkanes) is 1. The van der Waals surface area contributed by atoms with E-state index in [0.29, 0.717) is 6.61 Å². The van der Waals surface area contributed by atoms with Crippen LogP contribution in [0.5, 0.6) is 0 Å². The van der Waals surface area contributed by atoms with Gasteiger partial charge in [-0.2, -0.15) is 0 Å². The lowest BCUT2D eigenvalue weighted by Gasteiger charge is -2.12. The number of hydrogen-bond donors (Lipinski definition) is 1. The Hall–Kier alpha value is -1.61. The predicted octanol–water partition coefficient (Wildman–Crippen LogP) is 4.16. The van der Waals surface area contributed by atoms with E-state index in [1.807, 2.05) is 0 Å². The SMILES string of the molecule is CCCCc1ccc2nc(COC)cc(NCC)c2c1. The van der Waals surface area contributed by atoms with Crippen LogP contribution >= 0.6 is 0 Å². The third-order valence-electron chi connectivity index (χ3n) is 3.40. The van der Waals surface area contributed by atoms with Crippen molar-refractivity contribution in [2.75, 3.05) is 19.0 Å². The molecule has 108 valence electrons. The quantitative estimate of drug-likeness (QED) is 0.822. The van der Waals surface area contributed by atoms with Gasteiger partial charge in [-0.25, -0.2) is 0 Å². The first kappa shape index (κ1) is 14.8. The average molecular weight is 272 g/mol. The molecular formula is C17H24N2O. The molecule has 0 radical (unpaired) electrons. The van der Waals surface area contributed by atoms with Crippen molar-refractivity contribution in [1.29, 1.82) is 0 Å². The maximum absolute atomic E-state index is 5.20. The van der Waals surface area contributed by atoms with Gasteiger partial charge in [0.25, 0.3) is 0 Å². The Kier molecular flexibility index (Phi) is 5.36. The summed E-state index contributed by atoms with van der Waals surface area (Å²) in [6.07, 6.45) is 3.60.